The van der Waals surface area contributed by atoms with Gasteiger partial charge in [-0.25, -0.2) is 0 Å². The summed E-state index contributed by atoms with van der Waals surface area (Å²) in [6, 6.07) is 10.2. The third-order valence-electron chi connectivity index (χ3n) is 3.24. The van der Waals surface area contributed by atoms with E-state index in [1.54, 1.807) is 43.5 Å². The summed E-state index contributed by atoms with van der Waals surface area (Å²) < 4.78 is 11.2. The van der Waals surface area contributed by atoms with Gasteiger partial charge in [0, 0.05) is 14.8 Å². The second-order valence-corrected chi connectivity index (χ2v) is 5.94. The van der Waals surface area contributed by atoms with E-state index in [9.17, 15) is 9.59 Å². The zero-order valence-corrected chi connectivity index (χ0v) is 15.1. The van der Waals surface area contributed by atoms with Crippen molar-refractivity contribution in [3.63, 3.8) is 0 Å². The third-order valence-corrected chi connectivity index (χ3v) is 4.14. The number of amides is 1. The number of carbonyl (C=O) groups is 2. The predicted octanol–water partition coefficient (Wildman–Crippen LogP) is 3.76. The van der Waals surface area contributed by atoms with Gasteiger partial charge in [-0.15, -0.1) is 0 Å². The first-order valence-electron chi connectivity index (χ1n) is 6.80. The Kier molecular flexibility index (Phi) is 5.59. The van der Waals surface area contributed by atoms with E-state index in [1.165, 1.54) is 14.0 Å². The molecule has 0 saturated heterocycles. The number of hydrogen-bond donors (Lipinski definition) is 1. The standard InChI is InChI=1S/C17H16INO4/c1-10(20)11-5-4-6-12(7-11)19-17(21)13-8-15(22-2)16(23-3)9-14(13)18/h4-9H,1-3H3,(H,19,21). The number of ketones is 1. The van der Waals surface area contributed by atoms with E-state index in [0.29, 0.717) is 28.3 Å². The molecule has 0 fully saturated rings. The van der Waals surface area contributed by atoms with Gasteiger partial charge in [-0.2, -0.15) is 0 Å². The van der Waals surface area contributed by atoms with Crippen LogP contribution in [0.1, 0.15) is 27.6 Å². The maximum absolute atomic E-state index is 12.5. The molecule has 0 aliphatic heterocycles. The van der Waals surface area contributed by atoms with E-state index in [4.69, 9.17) is 9.47 Å². The number of benzene rings is 2. The second-order valence-electron chi connectivity index (χ2n) is 4.78. The molecule has 0 aliphatic carbocycles. The first kappa shape index (κ1) is 17.3. The fourth-order valence-electron chi connectivity index (χ4n) is 2.04. The number of Topliss-reactive ketones (excluding diaryl/α,β-unsaturated/α-hetero) is 1. The molecule has 23 heavy (non-hydrogen) atoms. The molecule has 0 aliphatic rings. The second kappa shape index (κ2) is 7.45. The van der Waals surface area contributed by atoms with E-state index in [2.05, 4.69) is 27.9 Å². The maximum Gasteiger partial charge on any atom is 0.256 e. The van der Waals surface area contributed by atoms with Crippen molar-refractivity contribution in [3.8, 4) is 11.5 Å². The Labute approximate surface area is 148 Å². The lowest BCUT2D eigenvalue weighted by Gasteiger charge is -2.12. The van der Waals surface area contributed by atoms with Crippen LogP contribution in [0.4, 0.5) is 5.69 Å². The monoisotopic (exact) mass is 425 g/mol. The number of carbonyl (C=O) groups excluding carboxylic acids is 2. The van der Waals surface area contributed by atoms with Crippen LogP contribution in [-0.4, -0.2) is 25.9 Å². The maximum atomic E-state index is 12.5. The molecule has 0 heterocycles. The lowest BCUT2D eigenvalue weighted by molar-refractivity contribution is 0.101. The minimum absolute atomic E-state index is 0.0539. The highest BCUT2D eigenvalue weighted by molar-refractivity contribution is 14.1. The highest BCUT2D eigenvalue weighted by Gasteiger charge is 2.16. The Morgan fingerprint density at radius 3 is 2.30 bits per heavy atom. The Hall–Kier alpha value is -2.09. The van der Waals surface area contributed by atoms with Crippen molar-refractivity contribution in [1.29, 1.82) is 0 Å². The molecule has 0 bridgehead atoms. The zero-order valence-electron chi connectivity index (χ0n) is 13.0. The summed E-state index contributed by atoms with van der Waals surface area (Å²) in [7, 11) is 3.06. The summed E-state index contributed by atoms with van der Waals surface area (Å²) in [4.78, 5) is 23.9. The Morgan fingerprint density at radius 2 is 1.70 bits per heavy atom. The third kappa shape index (κ3) is 4.01. The van der Waals surface area contributed by atoms with Crippen molar-refractivity contribution >= 4 is 40.0 Å². The molecule has 1 amide bonds. The molecule has 0 radical (unpaired) electrons. The summed E-state index contributed by atoms with van der Waals surface area (Å²) in [6.07, 6.45) is 0. The van der Waals surface area contributed by atoms with Crippen LogP contribution in [0.2, 0.25) is 0 Å². The van der Waals surface area contributed by atoms with E-state index < -0.39 is 0 Å². The highest BCUT2D eigenvalue weighted by Crippen LogP contribution is 2.31. The zero-order chi connectivity index (χ0) is 17.0. The topological polar surface area (TPSA) is 64.6 Å². The quantitative estimate of drug-likeness (QED) is 0.586. The number of rotatable bonds is 5. The predicted molar refractivity (Wildman–Crippen MR) is 96.7 cm³/mol. The van der Waals surface area contributed by atoms with Gasteiger partial charge in [-0.05, 0) is 53.8 Å². The van der Waals surface area contributed by atoms with E-state index in [1.807, 2.05) is 0 Å². The number of nitrogens with one attached hydrogen (secondary N) is 1. The molecule has 0 unspecified atom stereocenters. The molecule has 2 rings (SSSR count). The molecular formula is C17H16INO4. The van der Waals surface area contributed by atoms with Crippen molar-refractivity contribution < 1.29 is 19.1 Å². The van der Waals surface area contributed by atoms with Gasteiger partial charge in [0.2, 0.25) is 0 Å². The lowest BCUT2D eigenvalue weighted by atomic mass is 10.1. The molecule has 6 heteroatoms. The van der Waals surface area contributed by atoms with Crippen LogP contribution in [0.3, 0.4) is 0 Å². The van der Waals surface area contributed by atoms with Crippen LogP contribution >= 0.6 is 22.6 Å². The Balaban J connectivity index is 2.31. The summed E-state index contributed by atoms with van der Waals surface area (Å²) in [5.41, 5.74) is 1.58. The first-order chi connectivity index (χ1) is 11.0. The van der Waals surface area contributed by atoms with Gasteiger partial charge >= 0.3 is 0 Å². The Bertz CT molecular complexity index is 758. The van der Waals surface area contributed by atoms with Crippen molar-refractivity contribution in [2.24, 2.45) is 0 Å². The van der Waals surface area contributed by atoms with Crippen LogP contribution in [0.15, 0.2) is 36.4 Å². The van der Waals surface area contributed by atoms with E-state index in [0.717, 1.165) is 3.57 Å². The number of hydrogen-bond acceptors (Lipinski definition) is 4. The van der Waals surface area contributed by atoms with Crippen LogP contribution in [-0.2, 0) is 0 Å². The van der Waals surface area contributed by atoms with Crippen molar-refractivity contribution in [2.45, 2.75) is 6.92 Å². The first-order valence-corrected chi connectivity index (χ1v) is 7.88. The molecule has 2 aromatic rings. The molecule has 5 nitrogen and oxygen atoms in total. The molecule has 0 spiro atoms. The van der Waals surface area contributed by atoms with Gasteiger partial charge in [0.1, 0.15) is 0 Å². The minimum Gasteiger partial charge on any atom is -0.493 e. The fourth-order valence-corrected chi connectivity index (χ4v) is 2.73. The summed E-state index contributed by atoms with van der Waals surface area (Å²) in [5, 5.41) is 2.79. The van der Waals surface area contributed by atoms with Gasteiger partial charge < -0.3 is 14.8 Å². The van der Waals surface area contributed by atoms with E-state index in [-0.39, 0.29) is 11.7 Å². The number of halogens is 1. The number of anilines is 1. The average Bonchev–Trinajstić information content (AvgIpc) is 2.54. The largest absolute Gasteiger partial charge is 0.493 e. The van der Waals surface area contributed by atoms with Gasteiger partial charge in [0.25, 0.3) is 5.91 Å². The molecular weight excluding hydrogens is 409 g/mol. The Morgan fingerprint density at radius 1 is 1.04 bits per heavy atom. The summed E-state index contributed by atoms with van der Waals surface area (Å²) in [5.74, 6) is 0.709. The van der Waals surface area contributed by atoms with Gasteiger partial charge in [0.05, 0.1) is 19.8 Å². The molecule has 120 valence electrons. The number of ether oxygens (including phenoxy) is 2. The van der Waals surface area contributed by atoms with Crippen molar-refractivity contribution in [1.82, 2.24) is 0 Å². The van der Waals surface area contributed by atoms with Crippen LogP contribution in [0.5, 0.6) is 11.5 Å². The smallest absolute Gasteiger partial charge is 0.256 e. The number of methoxy groups -OCH3 is 2. The van der Waals surface area contributed by atoms with Gasteiger partial charge in [0.15, 0.2) is 17.3 Å². The van der Waals surface area contributed by atoms with Crippen LogP contribution in [0, 0.1) is 3.57 Å². The molecule has 0 aromatic heterocycles. The van der Waals surface area contributed by atoms with Crippen molar-refractivity contribution in [3.05, 3.63) is 51.1 Å². The molecule has 0 saturated carbocycles. The van der Waals surface area contributed by atoms with Crippen LogP contribution < -0.4 is 14.8 Å². The summed E-state index contributed by atoms with van der Waals surface area (Å²) >= 11 is 2.07. The lowest BCUT2D eigenvalue weighted by Crippen LogP contribution is -2.14. The molecule has 1 N–H and O–H groups in total. The molecule has 2 aromatic carbocycles. The van der Waals surface area contributed by atoms with Crippen molar-refractivity contribution in [2.75, 3.05) is 19.5 Å². The molecule has 0 atom stereocenters. The SMILES string of the molecule is COc1cc(I)c(C(=O)Nc2cccc(C(C)=O)c2)cc1OC. The average molecular weight is 425 g/mol. The normalized spacial score (nSPS) is 10.1. The minimum atomic E-state index is -0.281. The summed E-state index contributed by atoms with van der Waals surface area (Å²) in [6.45, 7) is 1.48. The van der Waals surface area contributed by atoms with Gasteiger partial charge in [-0.3, -0.25) is 9.59 Å². The fraction of sp³-hybridized carbons (Fsp3) is 0.176. The van der Waals surface area contributed by atoms with E-state index >= 15 is 0 Å². The van der Waals surface area contributed by atoms with Crippen LogP contribution in [0.25, 0.3) is 0 Å². The highest BCUT2D eigenvalue weighted by atomic mass is 127. The van der Waals surface area contributed by atoms with Gasteiger partial charge in [-0.1, -0.05) is 12.1 Å².